The maximum Gasteiger partial charge on any atom is 0.416 e. The Morgan fingerprint density at radius 2 is 1.64 bits per heavy atom. The number of aromatic nitrogens is 2. The molecule has 28 heavy (non-hydrogen) atoms. The van der Waals surface area contributed by atoms with E-state index in [9.17, 15) is 27.9 Å². The van der Waals surface area contributed by atoms with Gasteiger partial charge in [-0.3, -0.25) is 9.59 Å². The zero-order chi connectivity index (χ0) is 21.1. The quantitative estimate of drug-likeness (QED) is 0.774. The van der Waals surface area contributed by atoms with Gasteiger partial charge in [0.2, 0.25) is 0 Å². The fourth-order valence-corrected chi connectivity index (χ4v) is 2.63. The van der Waals surface area contributed by atoms with Gasteiger partial charge in [0.05, 0.1) is 25.3 Å². The lowest BCUT2D eigenvalue weighted by Crippen LogP contribution is -2.38. The molecule has 0 radical (unpaired) electrons. The predicted molar refractivity (Wildman–Crippen MR) is 97.1 cm³/mol. The fourth-order valence-electron chi connectivity index (χ4n) is 2.63. The summed E-state index contributed by atoms with van der Waals surface area (Å²) in [5.41, 5.74) is -1.11. The third kappa shape index (κ3) is 6.35. The number of rotatable bonds is 7. The van der Waals surface area contributed by atoms with Gasteiger partial charge in [0.1, 0.15) is 0 Å². The summed E-state index contributed by atoms with van der Waals surface area (Å²) in [5.74, 6) is 0. The molecule has 0 amide bonds. The number of nitrogens with zero attached hydrogens (tertiary/aromatic N) is 2. The van der Waals surface area contributed by atoms with Crippen molar-refractivity contribution in [2.24, 2.45) is 0 Å². The second kappa shape index (κ2) is 8.32. The largest absolute Gasteiger partial charge is 0.416 e. The molecular formula is C19H23F3N2O4. The summed E-state index contributed by atoms with van der Waals surface area (Å²) in [6.45, 7) is 3.61. The lowest BCUT2D eigenvalue weighted by molar-refractivity contribution is -0.227. The standard InChI is InChI=1S/C19H23F3N2O4/c1-13-4-6-16(25)23(8-13)10-15(19(20,21)22)28-11-14-5-7-17(26)24(9-14)12-18(2,3)27/h4-9,15,27H,10-12H2,1-3H3/t15-/m1/s1. The van der Waals surface area contributed by atoms with Crippen LogP contribution in [0.2, 0.25) is 0 Å². The zero-order valence-electron chi connectivity index (χ0n) is 15.9. The number of aryl methyl sites for hydroxylation is 1. The summed E-state index contributed by atoms with van der Waals surface area (Å²) in [5, 5.41) is 9.85. The fraction of sp³-hybridized carbons (Fsp3) is 0.474. The molecule has 0 aromatic carbocycles. The number of ether oxygens (including phenoxy) is 1. The van der Waals surface area contributed by atoms with E-state index in [4.69, 9.17) is 4.74 Å². The first-order chi connectivity index (χ1) is 12.8. The number of aliphatic hydroxyl groups is 1. The van der Waals surface area contributed by atoms with E-state index in [1.165, 1.54) is 55.1 Å². The molecule has 0 fully saturated rings. The molecule has 2 heterocycles. The van der Waals surface area contributed by atoms with Crippen LogP contribution in [0.4, 0.5) is 13.2 Å². The summed E-state index contributed by atoms with van der Waals surface area (Å²) in [7, 11) is 0. The highest BCUT2D eigenvalue weighted by molar-refractivity contribution is 5.10. The van der Waals surface area contributed by atoms with Gasteiger partial charge in [0.25, 0.3) is 11.1 Å². The molecule has 0 aliphatic carbocycles. The van der Waals surface area contributed by atoms with Crippen LogP contribution < -0.4 is 11.1 Å². The Balaban J connectivity index is 2.18. The third-order valence-electron chi connectivity index (χ3n) is 3.91. The minimum Gasteiger partial charge on any atom is -0.389 e. The first-order valence-electron chi connectivity index (χ1n) is 8.62. The molecule has 0 aliphatic rings. The molecule has 0 saturated carbocycles. The highest BCUT2D eigenvalue weighted by Gasteiger charge is 2.41. The summed E-state index contributed by atoms with van der Waals surface area (Å²) in [4.78, 5) is 23.7. The van der Waals surface area contributed by atoms with Crippen molar-refractivity contribution in [2.45, 2.75) is 58.3 Å². The normalized spacial score (nSPS) is 13.5. The SMILES string of the molecule is Cc1ccc(=O)n(C[C@@H](OCc2ccc(=O)n(CC(C)(C)O)c2)C(F)(F)F)c1. The molecule has 0 unspecified atom stereocenters. The van der Waals surface area contributed by atoms with Crippen LogP contribution in [0.3, 0.4) is 0 Å². The van der Waals surface area contributed by atoms with Gasteiger partial charge in [0, 0.05) is 24.5 Å². The maximum atomic E-state index is 13.4. The number of alkyl halides is 3. The van der Waals surface area contributed by atoms with Crippen molar-refractivity contribution in [1.82, 2.24) is 9.13 Å². The van der Waals surface area contributed by atoms with E-state index in [-0.39, 0.29) is 12.1 Å². The Hall–Kier alpha value is -2.39. The van der Waals surface area contributed by atoms with Crippen molar-refractivity contribution in [2.75, 3.05) is 0 Å². The van der Waals surface area contributed by atoms with Crippen LogP contribution in [0.15, 0.2) is 46.2 Å². The van der Waals surface area contributed by atoms with Crippen molar-refractivity contribution < 1.29 is 23.0 Å². The maximum absolute atomic E-state index is 13.4. The third-order valence-corrected chi connectivity index (χ3v) is 3.91. The van der Waals surface area contributed by atoms with E-state index in [1.54, 1.807) is 6.92 Å². The van der Waals surface area contributed by atoms with E-state index in [1.807, 2.05) is 0 Å². The van der Waals surface area contributed by atoms with Gasteiger partial charge in [-0.1, -0.05) is 6.07 Å². The van der Waals surface area contributed by atoms with Gasteiger partial charge >= 0.3 is 6.18 Å². The molecule has 0 saturated heterocycles. The molecule has 2 aromatic rings. The van der Waals surface area contributed by atoms with Gasteiger partial charge in [-0.05, 0) is 38.0 Å². The van der Waals surface area contributed by atoms with Gasteiger partial charge in [-0.25, -0.2) is 0 Å². The molecule has 154 valence electrons. The van der Waals surface area contributed by atoms with Crippen LogP contribution in [0.5, 0.6) is 0 Å². The Kier molecular flexibility index (Phi) is 6.51. The summed E-state index contributed by atoms with van der Waals surface area (Å²) < 4.78 is 47.4. The average molecular weight is 400 g/mol. The van der Waals surface area contributed by atoms with E-state index in [2.05, 4.69) is 0 Å². The number of pyridine rings is 2. The van der Waals surface area contributed by atoms with Crippen molar-refractivity contribution >= 4 is 0 Å². The van der Waals surface area contributed by atoms with Gasteiger partial charge in [-0.15, -0.1) is 0 Å². The predicted octanol–water partition coefficient (Wildman–Crippen LogP) is 2.24. The molecule has 0 aliphatic heterocycles. The summed E-state index contributed by atoms with van der Waals surface area (Å²) in [6, 6.07) is 5.30. The Morgan fingerprint density at radius 1 is 1.04 bits per heavy atom. The smallest absolute Gasteiger partial charge is 0.389 e. The van der Waals surface area contributed by atoms with E-state index in [0.29, 0.717) is 11.1 Å². The molecule has 0 bridgehead atoms. The molecule has 6 nitrogen and oxygen atoms in total. The van der Waals surface area contributed by atoms with Crippen LogP contribution in [-0.2, 0) is 24.4 Å². The molecule has 2 aromatic heterocycles. The van der Waals surface area contributed by atoms with Crippen molar-refractivity contribution in [3.8, 4) is 0 Å². The van der Waals surface area contributed by atoms with Crippen molar-refractivity contribution in [1.29, 1.82) is 0 Å². The lowest BCUT2D eigenvalue weighted by Gasteiger charge is -2.22. The number of hydrogen-bond acceptors (Lipinski definition) is 4. The van der Waals surface area contributed by atoms with Crippen LogP contribution in [-0.4, -0.2) is 32.1 Å². The Morgan fingerprint density at radius 3 is 2.25 bits per heavy atom. The van der Waals surface area contributed by atoms with Crippen LogP contribution in [0.25, 0.3) is 0 Å². The van der Waals surface area contributed by atoms with Gasteiger partial charge < -0.3 is 19.0 Å². The van der Waals surface area contributed by atoms with Crippen LogP contribution in [0.1, 0.15) is 25.0 Å². The zero-order valence-corrected chi connectivity index (χ0v) is 15.9. The first kappa shape index (κ1) is 21.9. The number of hydrogen-bond donors (Lipinski definition) is 1. The molecule has 2 rings (SSSR count). The first-order valence-corrected chi connectivity index (χ1v) is 8.62. The summed E-state index contributed by atoms with van der Waals surface area (Å²) >= 11 is 0. The molecule has 1 N–H and O–H groups in total. The van der Waals surface area contributed by atoms with Gasteiger partial charge in [-0.2, -0.15) is 13.2 Å². The van der Waals surface area contributed by atoms with E-state index >= 15 is 0 Å². The van der Waals surface area contributed by atoms with Crippen molar-refractivity contribution in [3.63, 3.8) is 0 Å². The summed E-state index contributed by atoms with van der Waals surface area (Å²) in [6.07, 6.45) is -4.17. The second-order valence-electron chi connectivity index (χ2n) is 7.35. The topological polar surface area (TPSA) is 73.5 Å². The monoisotopic (exact) mass is 400 g/mol. The van der Waals surface area contributed by atoms with Gasteiger partial charge in [0.15, 0.2) is 6.10 Å². The van der Waals surface area contributed by atoms with Crippen LogP contribution in [0, 0.1) is 6.92 Å². The van der Waals surface area contributed by atoms with Crippen molar-refractivity contribution in [3.05, 3.63) is 68.5 Å². The minimum atomic E-state index is -4.68. The van der Waals surface area contributed by atoms with Crippen LogP contribution >= 0.6 is 0 Å². The molecule has 9 heteroatoms. The minimum absolute atomic E-state index is 0.0128. The second-order valence-corrected chi connectivity index (χ2v) is 7.35. The Labute approximate surface area is 159 Å². The highest BCUT2D eigenvalue weighted by atomic mass is 19.4. The van der Waals surface area contributed by atoms with E-state index < -0.39 is 36.6 Å². The molecular weight excluding hydrogens is 377 g/mol. The average Bonchev–Trinajstić information content (AvgIpc) is 2.55. The lowest BCUT2D eigenvalue weighted by atomic mass is 10.1. The number of halogens is 3. The Bertz CT molecular complexity index is 926. The molecule has 0 spiro atoms. The highest BCUT2D eigenvalue weighted by Crippen LogP contribution is 2.25. The van der Waals surface area contributed by atoms with E-state index in [0.717, 1.165) is 4.57 Å². The molecule has 1 atom stereocenters.